The second-order valence-electron chi connectivity index (χ2n) is 7.63. The molecule has 3 heterocycles. The van der Waals surface area contributed by atoms with Gasteiger partial charge in [-0.15, -0.1) is 11.3 Å². The van der Waals surface area contributed by atoms with Crippen LogP contribution in [-0.4, -0.2) is 19.9 Å². The number of pyridine rings is 1. The van der Waals surface area contributed by atoms with Crippen molar-refractivity contribution < 1.29 is 0 Å². The molecule has 3 aromatic heterocycles. The summed E-state index contributed by atoms with van der Waals surface area (Å²) in [7, 11) is 0. The number of hydrogen-bond acceptors (Lipinski definition) is 5. The fourth-order valence-corrected chi connectivity index (χ4v) is 5.21. The van der Waals surface area contributed by atoms with E-state index in [0.29, 0.717) is 17.5 Å². The third-order valence-corrected chi connectivity index (χ3v) is 6.75. The average molecular weight is 431 g/mol. The fraction of sp³-hybridized carbons (Fsp3) is 0.0370. The van der Waals surface area contributed by atoms with Crippen molar-refractivity contribution in [3.8, 4) is 33.9 Å². The predicted molar refractivity (Wildman–Crippen MR) is 132 cm³/mol. The number of aromatic nitrogens is 4. The molecule has 6 rings (SSSR count). The van der Waals surface area contributed by atoms with E-state index in [-0.39, 0.29) is 0 Å². The Kier molecular flexibility index (Phi) is 4.47. The van der Waals surface area contributed by atoms with Crippen molar-refractivity contribution in [1.29, 1.82) is 0 Å². The van der Waals surface area contributed by atoms with Gasteiger partial charge < -0.3 is 0 Å². The second kappa shape index (κ2) is 7.62. The summed E-state index contributed by atoms with van der Waals surface area (Å²) >= 11 is 1.78. The average Bonchev–Trinajstić information content (AvgIpc) is 3.23. The molecule has 0 fully saturated rings. The Balaban J connectivity index is 1.46. The van der Waals surface area contributed by atoms with Crippen molar-refractivity contribution in [2.45, 2.75) is 6.92 Å². The van der Waals surface area contributed by atoms with Crippen molar-refractivity contribution in [2.24, 2.45) is 0 Å². The maximum atomic E-state index is 4.87. The molecule has 0 N–H and O–H groups in total. The molecule has 0 bridgehead atoms. The SMILES string of the molecule is Cc1nc(-c2ccc(-c3cccnc3)cc2)nc(-c2cccc3c2sc2ccccc23)n1. The van der Waals surface area contributed by atoms with Gasteiger partial charge in [0.25, 0.3) is 0 Å². The van der Waals surface area contributed by atoms with Gasteiger partial charge in [0.15, 0.2) is 11.6 Å². The number of benzene rings is 3. The molecule has 5 heteroatoms. The highest BCUT2D eigenvalue weighted by Crippen LogP contribution is 2.39. The van der Waals surface area contributed by atoms with Crippen molar-refractivity contribution in [3.05, 3.63) is 97.1 Å². The lowest BCUT2D eigenvalue weighted by Gasteiger charge is -2.08. The normalized spacial score (nSPS) is 11.3. The Morgan fingerprint density at radius 3 is 2.25 bits per heavy atom. The molecule has 0 saturated heterocycles. The minimum absolute atomic E-state index is 0.684. The number of fused-ring (bicyclic) bond motifs is 3. The Labute approximate surface area is 189 Å². The lowest BCUT2D eigenvalue weighted by molar-refractivity contribution is 0.993. The third-order valence-electron chi connectivity index (χ3n) is 5.53. The summed E-state index contributed by atoms with van der Waals surface area (Å²) < 4.78 is 2.48. The van der Waals surface area contributed by atoms with E-state index in [1.54, 1.807) is 17.5 Å². The highest BCUT2D eigenvalue weighted by Gasteiger charge is 2.14. The second-order valence-corrected chi connectivity index (χ2v) is 8.68. The first kappa shape index (κ1) is 18.8. The quantitative estimate of drug-likeness (QED) is 0.305. The van der Waals surface area contributed by atoms with Gasteiger partial charge in [-0.05, 0) is 36.2 Å². The zero-order chi connectivity index (χ0) is 21.5. The topological polar surface area (TPSA) is 51.6 Å². The van der Waals surface area contributed by atoms with Crippen LogP contribution in [0, 0.1) is 6.92 Å². The van der Waals surface area contributed by atoms with E-state index >= 15 is 0 Å². The molecule has 152 valence electrons. The van der Waals surface area contributed by atoms with Gasteiger partial charge in [-0.3, -0.25) is 4.98 Å². The van der Waals surface area contributed by atoms with E-state index in [4.69, 9.17) is 9.97 Å². The minimum atomic E-state index is 0.684. The third kappa shape index (κ3) is 3.24. The summed E-state index contributed by atoms with van der Waals surface area (Å²) in [6.45, 7) is 1.92. The van der Waals surface area contributed by atoms with Gasteiger partial charge in [-0.25, -0.2) is 15.0 Å². The molecule has 3 aromatic carbocycles. The molecule has 0 spiro atoms. The van der Waals surface area contributed by atoms with Crippen LogP contribution >= 0.6 is 11.3 Å². The van der Waals surface area contributed by atoms with Crippen molar-refractivity contribution in [2.75, 3.05) is 0 Å². The molecular formula is C27H18N4S. The molecule has 6 aromatic rings. The van der Waals surface area contributed by atoms with Crippen molar-refractivity contribution >= 4 is 31.5 Å². The largest absolute Gasteiger partial charge is 0.264 e. The highest BCUT2D eigenvalue weighted by molar-refractivity contribution is 7.26. The van der Waals surface area contributed by atoms with Crippen LogP contribution in [0.2, 0.25) is 0 Å². The molecule has 0 amide bonds. The van der Waals surface area contributed by atoms with Crippen molar-refractivity contribution in [1.82, 2.24) is 19.9 Å². The standard InChI is InChI=1S/C27H18N4S/c1-17-29-26(19-13-11-18(12-14-19)20-6-5-15-28-16-20)31-27(30-17)23-9-4-8-22-21-7-2-3-10-24(21)32-25(22)23/h2-16H,1H3. The maximum absolute atomic E-state index is 4.87. The van der Waals surface area contributed by atoms with Crippen LogP contribution in [0.25, 0.3) is 54.1 Å². The van der Waals surface area contributed by atoms with Crippen LogP contribution < -0.4 is 0 Å². The predicted octanol–water partition coefficient (Wildman–Crippen LogP) is 6.94. The number of nitrogens with zero attached hydrogens (tertiary/aromatic N) is 4. The van der Waals surface area contributed by atoms with E-state index < -0.39 is 0 Å². The monoisotopic (exact) mass is 430 g/mol. The smallest absolute Gasteiger partial charge is 0.165 e. The van der Waals surface area contributed by atoms with Crippen LogP contribution in [-0.2, 0) is 0 Å². The Hall–Kier alpha value is -3.96. The summed E-state index contributed by atoms with van der Waals surface area (Å²) in [5.41, 5.74) is 4.21. The number of hydrogen-bond donors (Lipinski definition) is 0. The van der Waals surface area contributed by atoms with Gasteiger partial charge in [0.1, 0.15) is 5.82 Å². The van der Waals surface area contributed by atoms with Gasteiger partial charge in [0, 0.05) is 43.7 Å². The molecular weight excluding hydrogens is 412 g/mol. The van der Waals surface area contributed by atoms with Gasteiger partial charge in [0.2, 0.25) is 0 Å². The first-order valence-electron chi connectivity index (χ1n) is 10.4. The molecule has 0 atom stereocenters. The molecule has 32 heavy (non-hydrogen) atoms. The summed E-state index contributed by atoms with van der Waals surface area (Å²) in [6.07, 6.45) is 3.65. The number of thiophene rings is 1. The van der Waals surface area contributed by atoms with Gasteiger partial charge in [0.05, 0.1) is 0 Å². The van der Waals surface area contributed by atoms with Crippen LogP contribution in [0.5, 0.6) is 0 Å². The molecule has 0 aliphatic heterocycles. The van der Waals surface area contributed by atoms with Crippen LogP contribution in [0.3, 0.4) is 0 Å². The summed E-state index contributed by atoms with van der Waals surface area (Å²) in [5.74, 6) is 2.10. The summed E-state index contributed by atoms with van der Waals surface area (Å²) in [4.78, 5) is 18.4. The highest BCUT2D eigenvalue weighted by atomic mass is 32.1. The van der Waals surface area contributed by atoms with Gasteiger partial charge in [-0.1, -0.05) is 60.7 Å². The van der Waals surface area contributed by atoms with Crippen LogP contribution in [0.4, 0.5) is 0 Å². The first-order chi connectivity index (χ1) is 15.8. The van der Waals surface area contributed by atoms with E-state index in [1.807, 2.05) is 19.2 Å². The molecule has 0 aliphatic carbocycles. The van der Waals surface area contributed by atoms with E-state index in [2.05, 4.69) is 82.8 Å². The summed E-state index contributed by atoms with van der Waals surface area (Å²) in [5, 5.41) is 2.51. The van der Waals surface area contributed by atoms with E-state index in [0.717, 1.165) is 22.3 Å². The number of aryl methyl sites for hydroxylation is 1. The lowest BCUT2D eigenvalue weighted by atomic mass is 10.1. The number of rotatable bonds is 3. The minimum Gasteiger partial charge on any atom is -0.264 e. The first-order valence-corrected chi connectivity index (χ1v) is 11.2. The zero-order valence-corrected chi connectivity index (χ0v) is 18.2. The Morgan fingerprint density at radius 1 is 0.625 bits per heavy atom. The molecule has 0 unspecified atom stereocenters. The fourth-order valence-electron chi connectivity index (χ4n) is 4.00. The van der Waals surface area contributed by atoms with Crippen molar-refractivity contribution in [3.63, 3.8) is 0 Å². The molecule has 4 nitrogen and oxygen atoms in total. The van der Waals surface area contributed by atoms with E-state index in [1.165, 1.54) is 20.2 Å². The molecule has 0 saturated carbocycles. The molecule has 0 radical (unpaired) electrons. The molecule has 0 aliphatic rings. The maximum Gasteiger partial charge on any atom is 0.165 e. The van der Waals surface area contributed by atoms with Gasteiger partial charge >= 0.3 is 0 Å². The lowest BCUT2D eigenvalue weighted by Crippen LogP contribution is -1.99. The van der Waals surface area contributed by atoms with Gasteiger partial charge in [-0.2, -0.15) is 0 Å². The van der Waals surface area contributed by atoms with Crippen LogP contribution in [0.15, 0.2) is 91.3 Å². The van der Waals surface area contributed by atoms with E-state index in [9.17, 15) is 0 Å². The van der Waals surface area contributed by atoms with Crippen LogP contribution in [0.1, 0.15) is 5.82 Å². The Morgan fingerprint density at radius 2 is 1.41 bits per heavy atom. The Bertz CT molecular complexity index is 1570. The zero-order valence-electron chi connectivity index (χ0n) is 17.4. The summed E-state index contributed by atoms with van der Waals surface area (Å²) in [6, 6.07) is 27.1.